The largest absolute Gasteiger partial charge is 0.469 e. The maximum atomic E-state index is 11.8. The zero-order chi connectivity index (χ0) is 13.4. The standard InChI is InChI=1S/C12H22N2O4/c1-10-9-18-8-7-14(10)12(16)13-6-4-3-5-11(15)17-2/h10H,3-9H2,1-2H3,(H,13,16). The molecular formula is C12H22N2O4. The first-order chi connectivity index (χ1) is 8.65. The van der Waals surface area contributed by atoms with Gasteiger partial charge in [-0.05, 0) is 19.8 Å². The average molecular weight is 258 g/mol. The van der Waals surface area contributed by atoms with E-state index in [4.69, 9.17) is 4.74 Å². The summed E-state index contributed by atoms with van der Waals surface area (Å²) in [7, 11) is 1.38. The van der Waals surface area contributed by atoms with E-state index in [0.717, 1.165) is 12.8 Å². The summed E-state index contributed by atoms with van der Waals surface area (Å²) in [5.74, 6) is -0.205. The van der Waals surface area contributed by atoms with Gasteiger partial charge in [-0.15, -0.1) is 0 Å². The molecule has 18 heavy (non-hydrogen) atoms. The van der Waals surface area contributed by atoms with Crippen LogP contribution in [0, 0.1) is 0 Å². The summed E-state index contributed by atoms with van der Waals surface area (Å²) in [6.07, 6.45) is 1.91. The van der Waals surface area contributed by atoms with Gasteiger partial charge in [0.1, 0.15) is 0 Å². The number of rotatable bonds is 5. The minimum atomic E-state index is -0.205. The van der Waals surface area contributed by atoms with Crippen molar-refractivity contribution in [3.05, 3.63) is 0 Å². The van der Waals surface area contributed by atoms with Crippen molar-refractivity contribution in [1.82, 2.24) is 10.2 Å². The molecule has 1 aliphatic heterocycles. The fourth-order valence-electron chi connectivity index (χ4n) is 1.82. The molecule has 104 valence electrons. The van der Waals surface area contributed by atoms with Gasteiger partial charge in [0.2, 0.25) is 0 Å². The predicted molar refractivity (Wildman–Crippen MR) is 66.3 cm³/mol. The summed E-state index contributed by atoms with van der Waals surface area (Å²) < 4.78 is 9.81. The van der Waals surface area contributed by atoms with E-state index in [1.54, 1.807) is 4.90 Å². The Bertz CT molecular complexity index is 283. The quantitative estimate of drug-likeness (QED) is 0.584. The Hall–Kier alpha value is -1.30. The normalized spacial score (nSPS) is 19.4. The number of hydrogen-bond donors (Lipinski definition) is 1. The van der Waals surface area contributed by atoms with E-state index < -0.39 is 0 Å². The molecule has 0 aromatic heterocycles. The van der Waals surface area contributed by atoms with Crippen LogP contribution in [0.3, 0.4) is 0 Å². The first-order valence-corrected chi connectivity index (χ1v) is 6.34. The van der Waals surface area contributed by atoms with Crippen molar-refractivity contribution in [2.24, 2.45) is 0 Å². The van der Waals surface area contributed by atoms with Crippen molar-refractivity contribution >= 4 is 12.0 Å². The number of methoxy groups -OCH3 is 1. The zero-order valence-electron chi connectivity index (χ0n) is 11.1. The molecule has 1 saturated heterocycles. The number of carbonyl (C=O) groups excluding carboxylic acids is 2. The Morgan fingerprint density at radius 1 is 1.44 bits per heavy atom. The van der Waals surface area contributed by atoms with Gasteiger partial charge in [-0.25, -0.2) is 4.79 Å². The van der Waals surface area contributed by atoms with Crippen molar-refractivity contribution in [1.29, 1.82) is 0 Å². The van der Waals surface area contributed by atoms with E-state index in [9.17, 15) is 9.59 Å². The molecule has 1 unspecified atom stereocenters. The molecule has 1 atom stereocenters. The van der Waals surface area contributed by atoms with Gasteiger partial charge in [-0.2, -0.15) is 0 Å². The Morgan fingerprint density at radius 2 is 2.22 bits per heavy atom. The molecule has 1 aliphatic rings. The lowest BCUT2D eigenvalue weighted by Gasteiger charge is -2.33. The highest BCUT2D eigenvalue weighted by Crippen LogP contribution is 2.06. The second kappa shape index (κ2) is 7.92. The molecule has 0 spiro atoms. The second-order valence-electron chi connectivity index (χ2n) is 4.38. The number of nitrogens with zero attached hydrogens (tertiary/aromatic N) is 1. The molecule has 0 bridgehead atoms. The number of urea groups is 1. The Kier molecular flexibility index (Phi) is 6.49. The van der Waals surface area contributed by atoms with Crippen molar-refractivity contribution in [2.75, 3.05) is 33.4 Å². The van der Waals surface area contributed by atoms with Crippen LogP contribution in [-0.2, 0) is 14.3 Å². The van der Waals surface area contributed by atoms with Gasteiger partial charge in [-0.3, -0.25) is 4.79 Å². The Morgan fingerprint density at radius 3 is 2.89 bits per heavy atom. The molecule has 0 radical (unpaired) electrons. The number of carbonyl (C=O) groups is 2. The van der Waals surface area contributed by atoms with Crippen LogP contribution in [0.5, 0.6) is 0 Å². The third-order valence-electron chi connectivity index (χ3n) is 2.94. The molecule has 1 N–H and O–H groups in total. The molecule has 6 nitrogen and oxygen atoms in total. The first kappa shape index (κ1) is 14.8. The molecule has 6 heteroatoms. The van der Waals surface area contributed by atoms with Crippen LogP contribution >= 0.6 is 0 Å². The van der Waals surface area contributed by atoms with E-state index in [0.29, 0.717) is 32.7 Å². The van der Waals surface area contributed by atoms with Crippen molar-refractivity contribution < 1.29 is 19.1 Å². The first-order valence-electron chi connectivity index (χ1n) is 6.34. The van der Waals surface area contributed by atoms with Crippen LogP contribution in [0.4, 0.5) is 4.79 Å². The Balaban J connectivity index is 2.11. The van der Waals surface area contributed by atoms with E-state index in [1.807, 2.05) is 6.92 Å². The number of esters is 1. The second-order valence-corrected chi connectivity index (χ2v) is 4.38. The number of amides is 2. The summed E-state index contributed by atoms with van der Waals surface area (Å²) in [6.45, 7) is 4.38. The van der Waals surface area contributed by atoms with Crippen LogP contribution < -0.4 is 5.32 Å². The van der Waals surface area contributed by atoms with Crippen LogP contribution in [0.15, 0.2) is 0 Å². The summed E-state index contributed by atoms with van der Waals surface area (Å²) in [5.41, 5.74) is 0. The summed E-state index contributed by atoms with van der Waals surface area (Å²) in [5, 5.41) is 2.85. The van der Waals surface area contributed by atoms with E-state index in [2.05, 4.69) is 10.1 Å². The van der Waals surface area contributed by atoms with Gasteiger partial charge in [0.05, 0.1) is 26.4 Å². The zero-order valence-corrected chi connectivity index (χ0v) is 11.1. The van der Waals surface area contributed by atoms with Crippen LogP contribution in [0.25, 0.3) is 0 Å². The number of nitrogens with one attached hydrogen (secondary N) is 1. The summed E-state index contributed by atoms with van der Waals surface area (Å²) >= 11 is 0. The van der Waals surface area contributed by atoms with Gasteiger partial charge >= 0.3 is 12.0 Å². The molecule has 0 saturated carbocycles. The van der Waals surface area contributed by atoms with E-state index in [-0.39, 0.29) is 18.0 Å². The predicted octanol–water partition coefficient (Wildman–Crippen LogP) is 0.760. The molecular weight excluding hydrogens is 236 g/mol. The van der Waals surface area contributed by atoms with Gasteiger partial charge < -0.3 is 19.7 Å². The maximum absolute atomic E-state index is 11.8. The Labute approximate surface area is 108 Å². The van der Waals surface area contributed by atoms with Gasteiger partial charge in [0.15, 0.2) is 0 Å². The molecule has 0 aromatic carbocycles. The lowest BCUT2D eigenvalue weighted by atomic mass is 10.2. The topological polar surface area (TPSA) is 67.9 Å². The number of ether oxygens (including phenoxy) is 2. The lowest BCUT2D eigenvalue weighted by molar-refractivity contribution is -0.140. The van der Waals surface area contributed by atoms with Crippen molar-refractivity contribution in [3.8, 4) is 0 Å². The molecule has 1 fully saturated rings. The molecule has 1 rings (SSSR count). The van der Waals surface area contributed by atoms with Gasteiger partial charge in [0, 0.05) is 19.5 Å². The molecule has 0 aromatic rings. The van der Waals surface area contributed by atoms with Crippen molar-refractivity contribution in [2.45, 2.75) is 32.2 Å². The highest BCUT2D eigenvalue weighted by atomic mass is 16.5. The fourth-order valence-corrected chi connectivity index (χ4v) is 1.82. The lowest BCUT2D eigenvalue weighted by Crippen LogP contribution is -2.51. The van der Waals surface area contributed by atoms with Crippen LogP contribution in [0.2, 0.25) is 0 Å². The van der Waals surface area contributed by atoms with E-state index >= 15 is 0 Å². The highest BCUT2D eigenvalue weighted by molar-refractivity contribution is 5.74. The highest BCUT2D eigenvalue weighted by Gasteiger charge is 2.22. The number of unbranched alkanes of at least 4 members (excludes halogenated alkanes) is 1. The van der Waals surface area contributed by atoms with Crippen LogP contribution in [-0.4, -0.2) is 56.4 Å². The van der Waals surface area contributed by atoms with E-state index in [1.165, 1.54) is 7.11 Å². The SMILES string of the molecule is COC(=O)CCCCNC(=O)N1CCOCC1C. The fraction of sp³-hybridized carbons (Fsp3) is 0.833. The molecule has 0 aliphatic carbocycles. The van der Waals surface area contributed by atoms with Gasteiger partial charge in [-0.1, -0.05) is 0 Å². The maximum Gasteiger partial charge on any atom is 0.317 e. The summed E-state index contributed by atoms with van der Waals surface area (Å²) in [6, 6.07) is 0.0673. The third-order valence-corrected chi connectivity index (χ3v) is 2.94. The molecule has 1 heterocycles. The molecule has 2 amide bonds. The van der Waals surface area contributed by atoms with Crippen molar-refractivity contribution in [3.63, 3.8) is 0 Å². The minimum Gasteiger partial charge on any atom is -0.469 e. The average Bonchev–Trinajstić information content (AvgIpc) is 2.38. The minimum absolute atomic E-state index is 0.0520. The van der Waals surface area contributed by atoms with Gasteiger partial charge in [0.25, 0.3) is 0 Å². The monoisotopic (exact) mass is 258 g/mol. The number of morpholine rings is 1. The smallest absolute Gasteiger partial charge is 0.317 e. The number of hydrogen-bond acceptors (Lipinski definition) is 4. The van der Waals surface area contributed by atoms with Crippen LogP contribution in [0.1, 0.15) is 26.2 Å². The summed E-state index contributed by atoms with van der Waals surface area (Å²) in [4.78, 5) is 24.5. The third kappa shape index (κ3) is 4.91.